The molecule has 0 atom stereocenters. The molecule has 5 heteroatoms. The monoisotopic (exact) mass is 321 g/mol. The first-order valence-electron chi connectivity index (χ1n) is 7.15. The lowest BCUT2D eigenvalue weighted by atomic mass is 10.2. The molecule has 23 heavy (non-hydrogen) atoms. The summed E-state index contributed by atoms with van der Waals surface area (Å²) in [6, 6.07) is 16.9. The molecule has 0 unspecified atom stereocenters. The number of nitrogens with zero attached hydrogens (tertiary/aromatic N) is 1. The second-order valence-electron chi connectivity index (χ2n) is 5.22. The molecule has 0 radical (unpaired) electrons. The maximum Gasteiger partial charge on any atom is 0.272 e. The van der Waals surface area contributed by atoms with Crippen molar-refractivity contribution >= 4 is 45.0 Å². The van der Waals surface area contributed by atoms with E-state index in [-0.39, 0.29) is 5.91 Å². The highest BCUT2D eigenvalue weighted by atomic mass is 35.5. The number of hydrogen-bond donors (Lipinski definition) is 2. The average molecular weight is 322 g/mol. The molecule has 112 valence electrons. The predicted octanol–water partition coefficient (Wildman–Crippen LogP) is 4.62. The van der Waals surface area contributed by atoms with Crippen molar-refractivity contribution in [2.45, 2.75) is 0 Å². The fourth-order valence-corrected chi connectivity index (χ4v) is 2.87. The van der Waals surface area contributed by atoms with E-state index in [0.717, 1.165) is 21.8 Å². The molecular formula is C18H12ClN3O. The zero-order valence-electron chi connectivity index (χ0n) is 12.0. The molecule has 0 aliphatic rings. The van der Waals surface area contributed by atoms with Gasteiger partial charge in [-0.25, -0.2) is 0 Å². The van der Waals surface area contributed by atoms with Crippen LogP contribution in [0.1, 0.15) is 10.5 Å². The summed E-state index contributed by atoms with van der Waals surface area (Å²) >= 11 is 6.14. The van der Waals surface area contributed by atoms with Crippen LogP contribution in [0.2, 0.25) is 5.02 Å². The number of hydrogen-bond acceptors (Lipinski definition) is 2. The summed E-state index contributed by atoms with van der Waals surface area (Å²) in [4.78, 5) is 19.9. The zero-order valence-corrected chi connectivity index (χ0v) is 12.8. The van der Waals surface area contributed by atoms with E-state index in [1.807, 2.05) is 42.5 Å². The zero-order chi connectivity index (χ0) is 15.8. The minimum absolute atomic E-state index is 0.226. The Balaban J connectivity index is 1.72. The van der Waals surface area contributed by atoms with Crippen LogP contribution in [0.5, 0.6) is 0 Å². The molecule has 1 amide bonds. The van der Waals surface area contributed by atoms with Gasteiger partial charge >= 0.3 is 0 Å². The Kier molecular flexibility index (Phi) is 3.24. The maximum absolute atomic E-state index is 12.5. The van der Waals surface area contributed by atoms with Crippen molar-refractivity contribution in [3.63, 3.8) is 0 Å². The van der Waals surface area contributed by atoms with Crippen molar-refractivity contribution in [3.8, 4) is 0 Å². The third-order valence-electron chi connectivity index (χ3n) is 3.73. The molecule has 0 aliphatic carbocycles. The van der Waals surface area contributed by atoms with Gasteiger partial charge < -0.3 is 10.3 Å². The van der Waals surface area contributed by atoms with Gasteiger partial charge in [0.1, 0.15) is 5.69 Å². The van der Waals surface area contributed by atoms with Gasteiger partial charge in [0.15, 0.2) is 0 Å². The first-order chi connectivity index (χ1) is 11.2. The van der Waals surface area contributed by atoms with Crippen LogP contribution in [0.3, 0.4) is 0 Å². The van der Waals surface area contributed by atoms with E-state index >= 15 is 0 Å². The fourth-order valence-electron chi connectivity index (χ4n) is 2.64. The van der Waals surface area contributed by atoms with Crippen LogP contribution in [-0.2, 0) is 0 Å². The smallest absolute Gasteiger partial charge is 0.272 e. The molecule has 4 nitrogen and oxygen atoms in total. The standard InChI is InChI=1S/C18H12ClN3O/c19-13-7-1-5-12-10-15(21-16(12)13)18(23)22-14-8-2-4-11-6-3-9-20-17(11)14/h1-10,21H,(H,22,23). The van der Waals surface area contributed by atoms with Crippen molar-refractivity contribution < 1.29 is 4.79 Å². The highest BCUT2D eigenvalue weighted by molar-refractivity contribution is 6.35. The van der Waals surface area contributed by atoms with Crippen LogP contribution in [0.15, 0.2) is 60.8 Å². The van der Waals surface area contributed by atoms with Crippen LogP contribution in [0, 0.1) is 0 Å². The lowest BCUT2D eigenvalue weighted by Gasteiger charge is -2.06. The number of carbonyl (C=O) groups is 1. The Hall–Kier alpha value is -2.85. The van der Waals surface area contributed by atoms with Gasteiger partial charge in [-0.3, -0.25) is 9.78 Å². The quantitative estimate of drug-likeness (QED) is 0.566. The minimum atomic E-state index is -0.226. The van der Waals surface area contributed by atoms with Crippen LogP contribution in [0.25, 0.3) is 21.8 Å². The van der Waals surface area contributed by atoms with Crippen molar-refractivity contribution in [1.29, 1.82) is 0 Å². The molecule has 2 aromatic carbocycles. The molecule has 4 rings (SSSR count). The molecule has 2 N–H and O–H groups in total. The van der Waals surface area contributed by atoms with Crippen LogP contribution in [0.4, 0.5) is 5.69 Å². The Morgan fingerprint density at radius 3 is 2.70 bits per heavy atom. The summed E-state index contributed by atoms with van der Waals surface area (Å²) in [5.74, 6) is -0.226. The first kappa shape index (κ1) is 13.8. The van der Waals surface area contributed by atoms with Crippen LogP contribution in [-0.4, -0.2) is 15.9 Å². The number of rotatable bonds is 2. The fraction of sp³-hybridized carbons (Fsp3) is 0. The van der Waals surface area contributed by atoms with Crippen molar-refractivity contribution in [1.82, 2.24) is 9.97 Å². The lowest BCUT2D eigenvalue weighted by Crippen LogP contribution is -2.12. The molecular weight excluding hydrogens is 310 g/mol. The van der Waals surface area contributed by atoms with Gasteiger partial charge in [-0.05, 0) is 24.3 Å². The highest BCUT2D eigenvalue weighted by Crippen LogP contribution is 2.25. The van der Waals surface area contributed by atoms with Gasteiger partial charge in [0.05, 0.1) is 21.7 Å². The Labute approximate surface area is 137 Å². The van der Waals surface area contributed by atoms with Crippen molar-refractivity contribution in [3.05, 3.63) is 71.5 Å². The number of carbonyl (C=O) groups excluding carboxylic acids is 1. The topological polar surface area (TPSA) is 57.8 Å². The van der Waals surface area contributed by atoms with Gasteiger partial charge in [-0.1, -0.05) is 41.9 Å². The second kappa shape index (κ2) is 5.41. The number of halogens is 1. The van der Waals surface area contributed by atoms with Crippen LogP contribution >= 0.6 is 11.6 Å². The van der Waals surface area contributed by atoms with Crippen molar-refractivity contribution in [2.75, 3.05) is 5.32 Å². The summed E-state index contributed by atoms with van der Waals surface area (Å²) < 4.78 is 0. The number of aromatic amines is 1. The molecule has 0 saturated heterocycles. The number of benzene rings is 2. The normalized spacial score (nSPS) is 11.0. The number of nitrogens with one attached hydrogen (secondary N) is 2. The summed E-state index contributed by atoms with van der Waals surface area (Å²) in [6.07, 6.45) is 1.71. The molecule has 0 bridgehead atoms. The van der Waals surface area contributed by atoms with Crippen molar-refractivity contribution in [2.24, 2.45) is 0 Å². The SMILES string of the molecule is O=C(Nc1cccc2cccnc12)c1cc2cccc(Cl)c2[nH]1. The summed E-state index contributed by atoms with van der Waals surface area (Å²) in [6.45, 7) is 0. The average Bonchev–Trinajstić information content (AvgIpc) is 3.01. The number of anilines is 1. The van der Waals surface area contributed by atoms with E-state index in [2.05, 4.69) is 15.3 Å². The third kappa shape index (κ3) is 2.43. The predicted molar refractivity (Wildman–Crippen MR) is 93.0 cm³/mol. The Morgan fingerprint density at radius 2 is 1.83 bits per heavy atom. The molecule has 0 fully saturated rings. The van der Waals surface area contributed by atoms with E-state index in [4.69, 9.17) is 11.6 Å². The van der Waals surface area contributed by atoms with E-state index in [0.29, 0.717) is 16.4 Å². The molecule has 0 saturated carbocycles. The Morgan fingerprint density at radius 1 is 1.04 bits per heavy atom. The lowest BCUT2D eigenvalue weighted by molar-refractivity contribution is 0.102. The maximum atomic E-state index is 12.5. The third-order valence-corrected chi connectivity index (χ3v) is 4.05. The summed E-state index contributed by atoms with van der Waals surface area (Å²) in [7, 11) is 0. The van der Waals surface area contributed by atoms with Gasteiger partial charge in [-0.2, -0.15) is 0 Å². The van der Waals surface area contributed by atoms with Gasteiger partial charge in [0, 0.05) is 17.0 Å². The number of pyridine rings is 1. The molecule has 0 aliphatic heterocycles. The second-order valence-corrected chi connectivity index (χ2v) is 5.63. The van der Waals surface area contributed by atoms with E-state index < -0.39 is 0 Å². The van der Waals surface area contributed by atoms with Gasteiger partial charge in [0.25, 0.3) is 5.91 Å². The Bertz CT molecular complexity index is 1030. The molecule has 2 heterocycles. The number of para-hydroxylation sites is 2. The number of fused-ring (bicyclic) bond motifs is 2. The van der Waals surface area contributed by atoms with Gasteiger partial charge in [-0.15, -0.1) is 0 Å². The molecule has 2 aromatic heterocycles. The summed E-state index contributed by atoms with van der Waals surface area (Å²) in [5, 5.41) is 5.38. The number of H-pyrrole nitrogens is 1. The van der Waals surface area contributed by atoms with Gasteiger partial charge in [0.2, 0.25) is 0 Å². The highest BCUT2D eigenvalue weighted by Gasteiger charge is 2.12. The largest absolute Gasteiger partial charge is 0.349 e. The number of amides is 1. The molecule has 4 aromatic rings. The van der Waals surface area contributed by atoms with Crippen LogP contribution < -0.4 is 5.32 Å². The summed E-state index contributed by atoms with van der Waals surface area (Å²) in [5.41, 5.74) is 2.66. The first-order valence-corrected chi connectivity index (χ1v) is 7.52. The van der Waals surface area contributed by atoms with E-state index in [1.54, 1.807) is 18.3 Å². The minimum Gasteiger partial charge on any atom is -0.349 e. The number of aromatic nitrogens is 2. The van der Waals surface area contributed by atoms with E-state index in [1.165, 1.54) is 0 Å². The van der Waals surface area contributed by atoms with E-state index in [9.17, 15) is 4.79 Å². The molecule has 0 spiro atoms.